The van der Waals surface area contributed by atoms with Crippen LogP contribution in [-0.2, 0) is 0 Å². The summed E-state index contributed by atoms with van der Waals surface area (Å²) in [5, 5.41) is 9.74. The van der Waals surface area contributed by atoms with Gasteiger partial charge in [0.1, 0.15) is 0 Å². The van der Waals surface area contributed by atoms with Gasteiger partial charge in [-0.25, -0.2) is 0 Å². The number of hydrogen-bond donors (Lipinski definition) is 1. The van der Waals surface area contributed by atoms with Crippen LogP contribution in [0.5, 0.6) is 0 Å². The minimum atomic E-state index is -0.192. The summed E-state index contributed by atoms with van der Waals surface area (Å²) in [6, 6.07) is 0. The van der Waals surface area contributed by atoms with Crippen LogP contribution < -0.4 is 0 Å². The van der Waals surface area contributed by atoms with Crippen LogP contribution in [0, 0.1) is 11.8 Å². The molecule has 12 heavy (non-hydrogen) atoms. The summed E-state index contributed by atoms with van der Waals surface area (Å²) in [6.45, 7) is 10.2. The highest BCUT2D eigenvalue weighted by Gasteiger charge is 2.20. The fourth-order valence-electron chi connectivity index (χ4n) is 1.65. The lowest BCUT2D eigenvalue weighted by molar-refractivity contribution is 0.0780. The Morgan fingerprint density at radius 3 is 2.33 bits per heavy atom. The van der Waals surface area contributed by atoms with Crippen LogP contribution in [0.25, 0.3) is 0 Å². The molecule has 0 rings (SSSR count). The molecular formula is C11H22O. The second-order valence-electron chi connectivity index (χ2n) is 3.79. The van der Waals surface area contributed by atoms with E-state index in [2.05, 4.69) is 27.4 Å². The quantitative estimate of drug-likeness (QED) is 0.608. The predicted octanol–water partition coefficient (Wildman–Crippen LogP) is 3.00. The first-order valence-electron chi connectivity index (χ1n) is 4.92. The molecular weight excluding hydrogens is 148 g/mol. The number of rotatable bonds is 6. The lowest BCUT2D eigenvalue weighted by Crippen LogP contribution is -2.24. The van der Waals surface area contributed by atoms with E-state index in [0.717, 1.165) is 19.3 Å². The maximum absolute atomic E-state index is 9.74. The van der Waals surface area contributed by atoms with Gasteiger partial charge in [0.05, 0.1) is 6.10 Å². The van der Waals surface area contributed by atoms with E-state index in [-0.39, 0.29) is 6.10 Å². The molecule has 0 aliphatic carbocycles. The average molecular weight is 170 g/mol. The molecule has 1 nitrogen and oxygen atoms in total. The predicted molar refractivity (Wildman–Crippen MR) is 54.1 cm³/mol. The van der Waals surface area contributed by atoms with Gasteiger partial charge in [0, 0.05) is 0 Å². The van der Waals surface area contributed by atoms with Gasteiger partial charge in [-0.3, -0.25) is 0 Å². The van der Waals surface area contributed by atoms with Crippen molar-refractivity contribution in [1.82, 2.24) is 0 Å². The zero-order chi connectivity index (χ0) is 9.56. The Hall–Kier alpha value is -0.300. The molecule has 72 valence electrons. The fraction of sp³-hybridized carbons (Fsp3) is 0.818. The summed E-state index contributed by atoms with van der Waals surface area (Å²) in [7, 11) is 0. The van der Waals surface area contributed by atoms with E-state index >= 15 is 0 Å². The molecule has 0 radical (unpaired) electrons. The SMILES string of the molecule is C=CC[C@@H](O)[C@H](CCC)C(C)C. The van der Waals surface area contributed by atoms with Gasteiger partial charge in [-0.1, -0.05) is 33.3 Å². The van der Waals surface area contributed by atoms with E-state index in [9.17, 15) is 5.11 Å². The molecule has 0 saturated heterocycles. The Morgan fingerprint density at radius 2 is 2.00 bits per heavy atom. The number of aliphatic hydroxyl groups is 1. The van der Waals surface area contributed by atoms with Crippen molar-refractivity contribution in [2.45, 2.75) is 46.1 Å². The first-order valence-corrected chi connectivity index (χ1v) is 4.92. The third-order valence-electron chi connectivity index (χ3n) is 2.38. The highest BCUT2D eigenvalue weighted by molar-refractivity contribution is 4.79. The topological polar surface area (TPSA) is 20.2 Å². The third kappa shape index (κ3) is 3.91. The van der Waals surface area contributed by atoms with Crippen molar-refractivity contribution in [2.24, 2.45) is 11.8 Å². The van der Waals surface area contributed by atoms with E-state index in [0.29, 0.717) is 11.8 Å². The molecule has 0 spiro atoms. The second-order valence-corrected chi connectivity index (χ2v) is 3.79. The van der Waals surface area contributed by atoms with Gasteiger partial charge in [-0.05, 0) is 24.7 Å². The monoisotopic (exact) mass is 170 g/mol. The van der Waals surface area contributed by atoms with E-state index in [1.54, 1.807) is 6.08 Å². The Bertz CT molecular complexity index is 118. The summed E-state index contributed by atoms with van der Waals surface area (Å²) >= 11 is 0. The molecule has 0 aromatic carbocycles. The summed E-state index contributed by atoms with van der Waals surface area (Å²) in [4.78, 5) is 0. The molecule has 0 fully saturated rings. The second kappa shape index (κ2) is 6.24. The molecule has 0 unspecified atom stereocenters. The van der Waals surface area contributed by atoms with Crippen molar-refractivity contribution < 1.29 is 5.11 Å². The molecule has 0 amide bonds. The summed E-state index contributed by atoms with van der Waals surface area (Å²) in [6.07, 6.45) is 4.60. The van der Waals surface area contributed by atoms with Crippen molar-refractivity contribution in [3.63, 3.8) is 0 Å². The zero-order valence-corrected chi connectivity index (χ0v) is 8.59. The Labute approximate surface area is 76.5 Å². The van der Waals surface area contributed by atoms with Crippen LogP contribution in [0.3, 0.4) is 0 Å². The van der Waals surface area contributed by atoms with Gasteiger partial charge in [0.25, 0.3) is 0 Å². The molecule has 0 aromatic rings. The van der Waals surface area contributed by atoms with E-state index in [4.69, 9.17) is 0 Å². The normalized spacial score (nSPS) is 16.1. The summed E-state index contributed by atoms with van der Waals surface area (Å²) < 4.78 is 0. The first kappa shape index (κ1) is 11.7. The Kier molecular flexibility index (Phi) is 6.09. The average Bonchev–Trinajstić information content (AvgIpc) is 1.99. The Morgan fingerprint density at radius 1 is 1.42 bits per heavy atom. The number of hydrogen-bond acceptors (Lipinski definition) is 1. The lowest BCUT2D eigenvalue weighted by Gasteiger charge is -2.25. The molecule has 0 aliphatic rings. The van der Waals surface area contributed by atoms with Crippen LogP contribution in [0.2, 0.25) is 0 Å². The van der Waals surface area contributed by atoms with Crippen molar-refractivity contribution in [3.8, 4) is 0 Å². The maximum Gasteiger partial charge on any atom is 0.0605 e. The first-order chi connectivity index (χ1) is 5.63. The van der Waals surface area contributed by atoms with Gasteiger partial charge in [0.15, 0.2) is 0 Å². The highest BCUT2D eigenvalue weighted by Crippen LogP contribution is 2.22. The molecule has 0 heterocycles. The fourth-order valence-corrected chi connectivity index (χ4v) is 1.65. The number of aliphatic hydroxyl groups excluding tert-OH is 1. The van der Waals surface area contributed by atoms with E-state index in [1.165, 1.54) is 0 Å². The van der Waals surface area contributed by atoms with Crippen LogP contribution in [0.15, 0.2) is 12.7 Å². The van der Waals surface area contributed by atoms with Gasteiger partial charge >= 0.3 is 0 Å². The van der Waals surface area contributed by atoms with Crippen molar-refractivity contribution in [3.05, 3.63) is 12.7 Å². The van der Waals surface area contributed by atoms with Gasteiger partial charge in [-0.15, -0.1) is 6.58 Å². The van der Waals surface area contributed by atoms with E-state index in [1.807, 2.05) is 0 Å². The van der Waals surface area contributed by atoms with Crippen molar-refractivity contribution in [1.29, 1.82) is 0 Å². The van der Waals surface area contributed by atoms with Crippen molar-refractivity contribution in [2.75, 3.05) is 0 Å². The maximum atomic E-state index is 9.74. The van der Waals surface area contributed by atoms with Gasteiger partial charge in [0.2, 0.25) is 0 Å². The van der Waals surface area contributed by atoms with Crippen LogP contribution in [-0.4, -0.2) is 11.2 Å². The minimum absolute atomic E-state index is 0.192. The molecule has 1 heteroatoms. The smallest absolute Gasteiger partial charge is 0.0605 e. The largest absolute Gasteiger partial charge is 0.393 e. The molecule has 0 bridgehead atoms. The van der Waals surface area contributed by atoms with Gasteiger partial charge < -0.3 is 5.11 Å². The minimum Gasteiger partial charge on any atom is -0.393 e. The van der Waals surface area contributed by atoms with Crippen molar-refractivity contribution >= 4 is 0 Å². The van der Waals surface area contributed by atoms with E-state index < -0.39 is 0 Å². The molecule has 0 saturated carbocycles. The van der Waals surface area contributed by atoms with Crippen LogP contribution >= 0.6 is 0 Å². The lowest BCUT2D eigenvalue weighted by atomic mass is 9.85. The third-order valence-corrected chi connectivity index (χ3v) is 2.38. The standard InChI is InChI=1S/C11H22O/c1-5-7-10(9(3)4)11(12)8-6-2/h6,9-12H,2,5,7-8H2,1,3-4H3/t10-,11-/m1/s1. The molecule has 0 aliphatic heterocycles. The van der Waals surface area contributed by atoms with Gasteiger partial charge in [-0.2, -0.15) is 0 Å². The summed E-state index contributed by atoms with van der Waals surface area (Å²) in [5.41, 5.74) is 0. The molecule has 2 atom stereocenters. The molecule has 0 aromatic heterocycles. The Balaban J connectivity index is 3.98. The summed E-state index contributed by atoms with van der Waals surface area (Å²) in [5.74, 6) is 1.01. The van der Waals surface area contributed by atoms with Crippen LogP contribution in [0.1, 0.15) is 40.0 Å². The van der Waals surface area contributed by atoms with Crippen LogP contribution in [0.4, 0.5) is 0 Å². The molecule has 1 N–H and O–H groups in total. The highest BCUT2D eigenvalue weighted by atomic mass is 16.3. The zero-order valence-electron chi connectivity index (χ0n) is 8.59.